The monoisotopic (exact) mass is 362 g/mol. The van der Waals surface area contributed by atoms with E-state index in [1.54, 1.807) is 12.1 Å². The molecule has 6 heteroatoms. The first-order valence-electron chi connectivity index (χ1n) is 7.76. The topological polar surface area (TPSA) is 61.4 Å². The van der Waals surface area contributed by atoms with Crippen molar-refractivity contribution in [2.45, 2.75) is 31.4 Å². The van der Waals surface area contributed by atoms with Gasteiger partial charge in [-0.05, 0) is 24.1 Å². The Morgan fingerprint density at radius 1 is 1.33 bits per heavy atom. The van der Waals surface area contributed by atoms with Gasteiger partial charge in [0, 0.05) is 26.9 Å². The SMILES string of the molecule is CCc1cccc2c1OC1C(C(=O)[O-])Nc3cc(Cl)cc(Cl)c3C21. The Hall–Kier alpha value is -1.91. The fourth-order valence-electron chi connectivity index (χ4n) is 3.70. The molecule has 2 aliphatic rings. The summed E-state index contributed by atoms with van der Waals surface area (Å²) < 4.78 is 6.07. The Balaban J connectivity index is 1.96. The molecule has 0 aromatic heterocycles. The minimum Gasteiger partial charge on any atom is -0.548 e. The summed E-state index contributed by atoms with van der Waals surface area (Å²) in [5.74, 6) is -0.727. The highest BCUT2D eigenvalue weighted by molar-refractivity contribution is 6.35. The summed E-state index contributed by atoms with van der Waals surface area (Å²) in [7, 11) is 0. The first kappa shape index (κ1) is 15.6. The van der Waals surface area contributed by atoms with E-state index in [2.05, 4.69) is 5.32 Å². The van der Waals surface area contributed by atoms with Gasteiger partial charge in [-0.15, -0.1) is 0 Å². The molecule has 1 N–H and O–H groups in total. The van der Waals surface area contributed by atoms with Crippen molar-refractivity contribution in [3.05, 3.63) is 57.1 Å². The molecule has 124 valence electrons. The number of para-hydroxylation sites is 1. The zero-order valence-electron chi connectivity index (χ0n) is 12.8. The summed E-state index contributed by atoms with van der Waals surface area (Å²) >= 11 is 12.5. The lowest BCUT2D eigenvalue weighted by Crippen LogP contribution is -2.53. The molecule has 3 atom stereocenters. The van der Waals surface area contributed by atoms with E-state index >= 15 is 0 Å². The predicted molar refractivity (Wildman–Crippen MR) is 91.0 cm³/mol. The van der Waals surface area contributed by atoms with Crippen molar-refractivity contribution in [2.75, 3.05) is 5.32 Å². The van der Waals surface area contributed by atoms with Crippen LogP contribution < -0.4 is 15.2 Å². The highest BCUT2D eigenvalue weighted by atomic mass is 35.5. The molecule has 2 heterocycles. The van der Waals surface area contributed by atoms with Gasteiger partial charge >= 0.3 is 0 Å². The van der Waals surface area contributed by atoms with Crippen molar-refractivity contribution in [2.24, 2.45) is 0 Å². The quantitative estimate of drug-likeness (QED) is 0.891. The summed E-state index contributed by atoms with van der Waals surface area (Å²) in [6.45, 7) is 2.04. The predicted octanol–water partition coefficient (Wildman–Crippen LogP) is 2.99. The average Bonchev–Trinajstić information content (AvgIpc) is 2.92. The van der Waals surface area contributed by atoms with Crippen LogP contribution in [0.2, 0.25) is 10.0 Å². The van der Waals surface area contributed by atoms with E-state index in [1.165, 1.54) is 0 Å². The van der Waals surface area contributed by atoms with Gasteiger partial charge in [-0.2, -0.15) is 0 Å². The third kappa shape index (κ3) is 2.17. The van der Waals surface area contributed by atoms with Crippen molar-refractivity contribution in [3.8, 4) is 5.75 Å². The number of halogens is 2. The molecule has 0 bridgehead atoms. The number of rotatable bonds is 2. The van der Waals surface area contributed by atoms with Gasteiger partial charge in [0.1, 0.15) is 17.9 Å². The van der Waals surface area contributed by atoms with Gasteiger partial charge < -0.3 is 20.0 Å². The molecule has 2 aromatic carbocycles. The second-order valence-electron chi connectivity index (χ2n) is 6.04. The Morgan fingerprint density at radius 3 is 2.83 bits per heavy atom. The molecule has 0 saturated carbocycles. The van der Waals surface area contributed by atoms with Crippen LogP contribution in [0.1, 0.15) is 29.5 Å². The van der Waals surface area contributed by atoms with Gasteiger partial charge in [0.25, 0.3) is 0 Å². The number of nitrogens with one attached hydrogen (secondary N) is 1. The first-order valence-corrected chi connectivity index (χ1v) is 8.51. The van der Waals surface area contributed by atoms with Crippen LogP contribution in [0.5, 0.6) is 5.75 Å². The minimum absolute atomic E-state index is 0.268. The Labute approximate surface area is 149 Å². The number of aryl methyl sites for hydroxylation is 1. The Kier molecular flexibility index (Phi) is 3.62. The van der Waals surface area contributed by atoms with Crippen molar-refractivity contribution in [1.29, 1.82) is 0 Å². The molecular formula is C18H14Cl2NO3-. The summed E-state index contributed by atoms with van der Waals surface area (Å²) in [6.07, 6.45) is 0.191. The lowest BCUT2D eigenvalue weighted by atomic mass is 9.80. The number of fused-ring (bicyclic) bond motifs is 5. The molecule has 0 fully saturated rings. The van der Waals surface area contributed by atoms with Crippen molar-refractivity contribution < 1.29 is 14.6 Å². The van der Waals surface area contributed by atoms with Crippen LogP contribution in [0.4, 0.5) is 5.69 Å². The number of carbonyl (C=O) groups is 1. The molecule has 0 radical (unpaired) electrons. The van der Waals surface area contributed by atoms with Gasteiger partial charge in [0.2, 0.25) is 0 Å². The number of carbonyl (C=O) groups excluding carboxylic acids is 1. The highest BCUT2D eigenvalue weighted by Crippen LogP contribution is 2.52. The van der Waals surface area contributed by atoms with Crippen molar-refractivity contribution in [1.82, 2.24) is 0 Å². The molecule has 2 aromatic rings. The van der Waals surface area contributed by atoms with Gasteiger partial charge in [0.05, 0.1) is 11.9 Å². The molecule has 4 nitrogen and oxygen atoms in total. The number of ether oxygens (including phenoxy) is 1. The van der Waals surface area contributed by atoms with Crippen molar-refractivity contribution in [3.63, 3.8) is 0 Å². The molecule has 2 aliphatic heterocycles. The molecular weight excluding hydrogens is 349 g/mol. The van der Waals surface area contributed by atoms with Gasteiger partial charge in [-0.1, -0.05) is 48.3 Å². The largest absolute Gasteiger partial charge is 0.548 e. The number of benzene rings is 2. The van der Waals surface area contributed by atoms with Crippen LogP contribution in [0.15, 0.2) is 30.3 Å². The standard InChI is InChI=1S/C18H15Cl2NO3/c1-2-8-4-3-5-10-13-14-11(20)6-9(19)7-12(14)21-15(18(22)23)17(13)24-16(8)10/h3-7,13,15,17,21H,2H2,1H3,(H,22,23)/p-1. The summed E-state index contributed by atoms with van der Waals surface area (Å²) in [6, 6.07) is 8.29. The average molecular weight is 363 g/mol. The number of carboxylic acids is 1. The molecule has 0 spiro atoms. The van der Waals surface area contributed by atoms with E-state index < -0.39 is 18.1 Å². The number of anilines is 1. The third-order valence-electron chi connectivity index (χ3n) is 4.72. The number of aliphatic carboxylic acids is 1. The maximum Gasteiger partial charge on any atom is 0.135 e. The van der Waals surface area contributed by atoms with Crippen LogP contribution in [0.25, 0.3) is 0 Å². The van der Waals surface area contributed by atoms with E-state index in [1.807, 2.05) is 25.1 Å². The van der Waals surface area contributed by atoms with Gasteiger partial charge in [-0.3, -0.25) is 0 Å². The van der Waals surface area contributed by atoms with Gasteiger partial charge in [0.15, 0.2) is 0 Å². The van der Waals surface area contributed by atoms with E-state index in [0.717, 1.165) is 28.9 Å². The number of hydrogen-bond acceptors (Lipinski definition) is 4. The minimum atomic E-state index is -1.21. The number of carboxylic acid groups (broad SMARTS) is 1. The third-order valence-corrected chi connectivity index (χ3v) is 5.26. The molecule has 0 saturated heterocycles. The van der Waals surface area contributed by atoms with Crippen LogP contribution in [0.3, 0.4) is 0 Å². The summed E-state index contributed by atoms with van der Waals surface area (Å²) in [5.41, 5.74) is 3.43. The van der Waals surface area contributed by atoms with Crippen LogP contribution in [0, 0.1) is 0 Å². The number of hydrogen-bond donors (Lipinski definition) is 1. The van der Waals surface area contributed by atoms with Gasteiger partial charge in [-0.25, -0.2) is 0 Å². The normalized spacial score (nSPS) is 23.5. The molecule has 0 amide bonds. The maximum absolute atomic E-state index is 11.7. The van der Waals surface area contributed by atoms with Crippen LogP contribution in [-0.4, -0.2) is 18.1 Å². The van der Waals surface area contributed by atoms with E-state index in [-0.39, 0.29) is 5.92 Å². The summed E-state index contributed by atoms with van der Waals surface area (Å²) in [5, 5.41) is 15.6. The van der Waals surface area contributed by atoms with E-state index in [0.29, 0.717) is 15.7 Å². The van der Waals surface area contributed by atoms with Crippen molar-refractivity contribution >= 4 is 34.9 Å². The fraction of sp³-hybridized carbons (Fsp3) is 0.278. The zero-order chi connectivity index (χ0) is 17.0. The molecule has 3 unspecified atom stereocenters. The van der Waals surface area contributed by atoms with Crippen LogP contribution >= 0.6 is 23.2 Å². The molecule has 0 aliphatic carbocycles. The molecule has 4 rings (SSSR count). The zero-order valence-corrected chi connectivity index (χ0v) is 14.3. The second kappa shape index (κ2) is 5.57. The summed E-state index contributed by atoms with van der Waals surface area (Å²) in [4.78, 5) is 11.7. The van der Waals surface area contributed by atoms with E-state index in [4.69, 9.17) is 27.9 Å². The Bertz CT molecular complexity index is 852. The smallest absolute Gasteiger partial charge is 0.135 e. The van der Waals surface area contributed by atoms with E-state index in [9.17, 15) is 9.90 Å². The maximum atomic E-state index is 11.7. The molecule has 24 heavy (non-hydrogen) atoms. The fourth-order valence-corrected chi connectivity index (χ4v) is 4.31. The highest BCUT2D eigenvalue weighted by Gasteiger charge is 2.47. The lowest BCUT2D eigenvalue weighted by Gasteiger charge is -2.37. The Morgan fingerprint density at radius 2 is 2.12 bits per heavy atom. The first-order chi connectivity index (χ1) is 11.5. The second-order valence-corrected chi connectivity index (χ2v) is 6.88. The lowest BCUT2D eigenvalue weighted by molar-refractivity contribution is -0.308. The van der Waals surface area contributed by atoms with Crippen LogP contribution in [-0.2, 0) is 11.2 Å².